The van der Waals surface area contributed by atoms with Crippen LogP contribution in [0, 0.1) is 20.8 Å². The van der Waals surface area contributed by atoms with Crippen molar-refractivity contribution >= 4 is 50.7 Å². The molecule has 2 amide bonds. The average molecular weight is 631 g/mol. The molecule has 1 aliphatic rings. The highest BCUT2D eigenvalue weighted by Gasteiger charge is 2.34. The second-order valence-corrected chi connectivity index (χ2v) is 13.7. The Hall–Kier alpha value is -3.07. The van der Waals surface area contributed by atoms with E-state index in [2.05, 4.69) is 5.32 Å². The molecule has 1 saturated carbocycles. The van der Waals surface area contributed by atoms with Gasteiger partial charge in [-0.25, -0.2) is 8.42 Å². The van der Waals surface area contributed by atoms with Gasteiger partial charge in [-0.1, -0.05) is 71.9 Å². The molecule has 1 N–H and O–H groups in total. The second-order valence-electron chi connectivity index (χ2n) is 11.1. The Bertz CT molecular complexity index is 1550. The van der Waals surface area contributed by atoms with Crippen molar-refractivity contribution in [2.24, 2.45) is 0 Å². The maximum atomic E-state index is 14.2. The third kappa shape index (κ3) is 7.46. The van der Waals surface area contributed by atoms with E-state index in [0.717, 1.165) is 41.1 Å². The average Bonchev–Trinajstić information content (AvgIpc) is 3.46. The van der Waals surface area contributed by atoms with Crippen molar-refractivity contribution in [1.82, 2.24) is 10.2 Å². The molecular formula is C32H37Cl2N3O4S. The number of nitrogens with zero attached hydrogens (tertiary/aromatic N) is 2. The summed E-state index contributed by atoms with van der Waals surface area (Å²) in [6, 6.07) is 16.2. The van der Waals surface area contributed by atoms with Crippen molar-refractivity contribution in [2.75, 3.05) is 10.8 Å². The summed E-state index contributed by atoms with van der Waals surface area (Å²) in [6.45, 7) is 6.76. The van der Waals surface area contributed by atoms with E-state index in [4.69, 9.17) is 23.2 Å². The van der Waals surface area contributed by atoms with Crippen LogP contribution in [0.2, 0.25) is 10.0 Å². The molecule has 1 atom stereocenters. The third-order valence-corrected chi connectivity index (χ3v) is 10.2. The Morgan fingerprint density at radius 2 is 1.55 bits per heavy atom. The summed E-state index contributed by atoms with van der Waals surface area (Å²) in [5.74, 6) is -0.804. The van der Waals surface area contributed by atoms with E-state index in [1.165, 1.54) is 4.90 Å². The molecule has 42 heavy (non-hydrogen) atoms. The molecule has 3 aromatic rings. The molecule has 7 nitrogen and oxygen atoms in total. The van der Waals surface area contributed by atoms with E-state index in [9.17, 15) is 18.0 Å². The van der Waals surface area contributed by atoms with Gasteiger partial charge in [0, 0.05) is 12.6 Å². The number of halogens is 2. The number of amides is 2. The standard InChI is InChI=1S/C32H37Cl2N3O4S/c1-21-10-14-27(15-11-21)42(40,41)37(30-17-22(2)9-12-23(30)3)20-31(38)36(19-25-13-16-28(33)29(34)18-25)24(4)32(39)35-26-7-5-6-8-26/h9-18,24,26H,5-8,19-20H2,1-4H3,(H,35,39). The van der Waals surface area contributed by atoms with Crippen LogP contribution in [0.3, 0.4) is 0 Å². The summed E-state index contributed by atoms with van der Waals surface area (Å²) in [7, 11) is -4.14. The minimum atomic E-state index is -4.14. The van der Waals surface area contributed by atoms with E-state index >= 15 is 0 Å². The summed E-state index contributed by atoms with van der Waals surface area (Å²) in [5.41, 5.74) is 3.54. The van der Waals surface area contributed by atoms with Gasteiger partial charge >= 0.3 is 0 Å². The van der Waals surface area contributed by atoms with Crippen molar-refractivity contribution in [2.45, 2.75) is 76.9 Å². The fourth-order valence-electron chi connectivity index (χ4n) is 5.15. The third-order valence-electron chi connectivity index (χ3n) is 7.73. The number of nitrogens with one attached hydrogen (secondary N) is 1. The Morgan fingerprint density at radius 1 is 0.905 bits per heavy atom. The molecule has 3 aromatic carbocycles. The highest BCUT2D eigenvalue weighted by molar-refractivity contribution is 7.92. The molecule has 0 bridgehead atoms. The van der Waals surface area contributed by atoms with Crippen LogP contribution in [0.1, 0.15) is 54.9 Å². The van der Waals surface area contributed by atoms with Gasteiger partial charge in [0.2, 0.25) is 11.8 Å². The zero-order chi connectivity index (χ0) is 30.6. The molecular weight excluding hydrogens is 593 g/mol. The Balaban J connectivity index is 1.73. The minimum Gasteiger partial charge on any atom is -0.352 e. The first-order chi connectivity index (χ1) is 19.9. The summed E-state index contributed by atoms with van der Waals surface area (Å²) in [5, 5.41) is 3.77. The van der Waals surface area contributed by atoms with Crippen molar-refractivity contribution < 1.29 is 18.0 Å². The molecule has 4 rings (SSSR count). The fourth-order valence-corrected chi connectivity index (χ4v) is 6.94. The Labute approximate surface area is 258 Å². The van der Waals surface area contributed by atoms with E-state index in [-0.39, 0.29) is 23.4 Å². The van der Waals surface area contributed by atoms with E-state index in [1.807, 2.05) is 32.9 Å². The molecule has 0 aromatic heterocycles. The lowest BCUT2D eigenvalue weighted by molar-refractivity contribution is -0.139. The lowest BCUT2D eigenvalue weighted by Crippen LogP contribution is -2.52. The summed E-state index contributed by atoms with van der Waals surface area (Å²) >= 11 is 12.4. The van der Waals surface area contributed by atoms with Gasteiger partial charge in [0.05, 0.1) is 20.6 Å². The largest absolute Gasteiger partial charge is 0.352 e. The van der Waals surface area contributed by atoms with Gasteiger partial charge < -0.3 is 10.2 Å². The van der Waals surface area contributed by atoms with E-state index in [1.54, 1.807) is 55.5 Å². The smallest absolute Gasteiger partial charge is 0.264 e. The highest BCUT2D eigenvalue weighted by atomic mass is 35.5. The number of anilines is 1. The molecule has 1 fully saturated rings. The van der Waals surface area contributed by atoms with Gasteiger partial charge in [0.15, 0.2) is 0 Å². The highest BCUT2D eigenvalue weighted by Crippen LogP contribution is 2.29. The van der Waals surface area contributed by atoms with E-state index in [0.29, 0.717) is 26.9 Å². The predicted molar refractivity (Wildman–Crippen MR) is 168 cm³/mol. The van der Waals surface area contributed by atoms with Crippen molar-refractivity contribution in [3.63, 3.8) is 0 Å². The van der Waals surface area contributed by atoms with Gasteiger partial charge in [-0.2, -0.15) is 0 Å². The van der Waals surface area contributed by atoms with Crippen LogP contribution in [-0.2, 0) is 26.2 Å². The number of carbonyl (C=O) groups excluding carboxylic acids is 2. The molecule has 0 saturated heterocycles. The molecule has 0 aliphatic heterocycles. The number of hydrogen-bond donors (Lipinski definition) is 1. The number of hydrogen-bond acceptors (Lipinski definition) is 4. The first-order valence-electron chi connectivity index (χ1n) is 14.1. The number of sulfonamides is 1. The molecule has 1 unspecified atom stereocenters. The number of aryl methyl sites for hydroxylation is 3. The van der Waals surface area contributed by atoms with Crippen LogP contribution in [0.4, 0.5) is 5.69 Å². The fraction of sp³-hybridized carbons (Fsp3) is 0.375. The van der Waals surface area contributed by atoms with Crippen LogP contribution in [0.5, 0.6) is 0 Å². The molecule has 0 spiro atoms. The van der Waals surface area contributed by atoms with Crippen molar-refractivity contribution in [3.8, 4) is 0 Å². The predicted octanol–water partition coefficient (Wildman–Crippen LogP) is 6.59. The summed E-state index contributed by atoms with van der Waals surface area (Å²) in [6.07, 6.45) is 3.89. The van der Waals surface area contributed by atoms with Crippen LogP contribution in [-0.4, -0.2) is 43.8 Å². The monoisotopic (exact) mass is 629 g/mol. The second kappa shape index (κ2) is 13.5. The van der Waals surface area contributed by atoms with Gasteiger partial charge in [0.25, 0.3) is 10.0 Å². The number of rotatable bonds is 10. The van der Waals surface area contributed by atoms with Gasteiger partial charge in [-0.05, 0) is 87.6 Å². The van der Waals surface area contributed by atoms with Crippen LogP contribution < -0.4 is 9.62 Å². The maximum absolute atomic E-state index is 14.2. The SMILES string of the molecule is Cc1ccc(S(=O)(=O)N(CC(=O)N(Cc2ccc(Cl)c(Cl)c2)C(C)C(=O)NC2CCCC2)c2cc(C)ccc2C)cc1. The van der Waals surface area contributed by atoms with Crippen molar-refractivity contribution in [3.05, 3.63) is 93.0 Å². The molecule has 0 heterocycles. The maximum Gasteiger partial charge on any atom is 0.264 e. The number of benzene rings is 3. The molecule has 224 valence electrons. The van der Waals surface area contributed by atoms with Crippen molar-refractivity contribution in [1.29, 1.82) is 0 Å². The summed E-state index contributed by atoms with van der Waals surface area (Å²) in [4.78, 5) is 29.0. The Kier molecular flexibility index (Phi) is 10.2. The van der Waals surface area contributed by atoms with E-state index < -0.39 is 28.5 Å². The minimum absolute atomic E-state index is 0.0419. The number of carbonyl (C=O) groups is 2. The van der Waals surface area contributed by atoms with Crippen LogP contribution >= 0.6 is 23.2 Å². The Morgan fingerprint density at radius 3 is 2.19 bits per heavy atom. The molecule has 1 aliphatic carbocycles. The first kappa shape index (κ1) is 31.9. The lowest BCUT2D eigenvalue weighted by Gasteiger charge is -2.33. The lowest BCUT2D eigenvalue weighted by atomic mass is 10.1. The summed E-state index contributed by atoms with van der Waals surface area (Å²) < 4.78 is 29.3. The quantitative estimate of drug-likeness (QED) is 0.274. The van der Waals surface area contributed by atoms with Gasteiger partial charge in [-0.15, -0.1) is 0 Å². The molecule has 10 heteroatoms. The topological polar surface area (TPSA) is 86.8 Å². The molecule has 0 radical (unpaired) electrons. The van der Waals surface area contributed by atoms with Crippen LogP contribution in [0.15, 0.2) is 65.6 Å². The first-order valence-corrected chi connectivity index (χ1v) is 16.3. The zero-order valence-corrected chi connectivity index (χ0v) is 26.7. The van der Waals surface area contributed by atoms with Gasteiger partial charge in [0.1, 0.15) is 12.6 Å². The normalized spacial score (nSPS) is 14.4. The van der Waals surface area contributed by atoms with Gasteiger partial charge in [-0.3, -0.25) is 13.9 Å². The zero-order valence-electron chi connectivity index (χ0n) is 24.4. The van der Waals surface area contributed by atoms with Crippen LogP contribution in [0.25, 0.3) is 0 Å².